The van der Waals surface area contributed by atoms with Crippen LogP contribution in [0.25, 0.3) is 11.0 Å². The molecule has 1 amide bonds. The molecule has 0 bridgehead atoms. The first-order chi connectivity index (χ1) is 12.3. The zero-order chi connectivity index (χ0) is 19.3. The third kappa shape index (κ3) is 5.08. The second-order valence-electron chi connectivity index (χ2n) is 6.46. The van der Waals surface area contributed by atoms with Gasteiger partial charge in [-0.3, -0.25) is 4.79 Å². The lowest BCUT2D eigenvalue weighted by Gasteiger charge is -2.21. The van der Waals surface area contributed by atoms with Crippen molar-refractivity contribution in [3.05, 3.63) is 40.2 Å². The van der Waals surface area contributed by atoms with Gasteiger partial charge >= 0.3 is 5.63 Å². The topological polar surface area (TPSA) is 109 Å². The number of carbonyl (C=O) groups is 2. The third-order valence-electron chi connectivity index (χ3n) is 3.88. The van der Waals surface area contributed by atoms with Gasteiger partial charge in [0.1, 0.15) is 11.3 Å². The smallest absolute Gasteiger partial charge is 0.336 e. The van der Waals surface area contributed by atoms with E-state index >= 15 is 0 Å². The molecule has 1 N–H and O–H groups in total. The van der Waals surface area contributed by atoms with Crippen LogP contribution in [-0.2, 0) is 16.0 Å². The van der Waals surface area contributed by atoms with Gasteiger partial charge in [0.15, 0.2) is 6.61 Å². The molecule has 0 aliphatic carbocycles. The van der Waals surface area contributed by atoms with E-state index in [-0.39, 0.29) is 18.9 Å². The normalized spacial score (nSPS) is 12.2. The van der Waals surface area contributed by atoms with Crippen LogP contribution in [0.2, 0.25) is 0 Å². The van der Waals surface area contributed by atoms with Gasteiger partial charge in [0.05, 0.1) is 12.0 Å². The molecule has 1 aromatic carbocycles. The lowest BCUT2D eigenvalue weighted by atomic mass is 10.0. The molecule has 1 atom stereocenters. The summed E-state index contributed by atoms with van der Waals surface area (Å²) in [7, 11) is 0. The Morgan fingerprint density at radius 1 is 1.27 bits per heavy atom. The number of carboxylic acids is 1. The molecule has 0 spiro atoms. The van der Waals surface area contributed by atoms with E-state index in [1.54, 1.807) is 12.1 Å². The van der Waals surface area contributed by atoms with Crippen molar-refractivity contribution in [3.8, 4) is 5.75 Å². The largest absolute Gasteiger partial charge is 0.548 e. The van der Waals surface area contributed by atoms with Crippen LogP contribution in [-0.4, -0.2) is 24.5 Å². The van der Waals surface area contributed by atoms with Gasteiger partial charge in [0, 0.05) is 17.5 Å². The van der Waals surface area contributed by atoms with Gasteiger partial charge in [0.25, 0.3) is 5.91 Å². The summed E-state index contributed by atoms with van der Waals surface area (Å²) in [6.07, 6.45) is 0.959. The minimum absolute atomic E-state index is 0.0928. The highest BCUT2D eigenvalue weighted by Gasteiger charge is 2.15. The van der Waals surface area contributed by atoms with Gasteiger partial charge < -0.3 is 24.4 Å². The average molecular weight is 360 g/mol. The molecule has 0 unspecified atom stereocenters. The molecule has 7 nitrogen and oxygen atoms in total. The van der Waals surface area contributed by atoms with Gasteiger partial charge in [-0.25, -0.2) is 4.79 Å². The maximum atomic E-state index is 11.9. The van der Waals surface area contributed by atoms with E-state index < -0.39 is 23.5 Å². The summed E-state index contributed by atoms with van der Waals surface area (Å²) >= 11 is 0. The van der Waals surface area contributed by atoms with Crippen molar-refractivity contribution in [3.63, 3.8) is 0 Å². The van der Waals surface area contributed by atoms with E-state index in [0.717, 1.165) is 10.9 Å². The predicted molar refractivity (Wildman–Crippen MR) is 93.7 cm³/mol. The summed E-state index contributed by atoms with van der Waals surface area (Å²) < 4.78 is 10.6. The molecular weight excluding hydrogens is 338 g/mol. The Kier molecular flexibility index (Phi) is 6.38. The van der Waals surface area contributed by atoms with E-state index in [1.165, 1.54) is 12.1 Å². The molecule has 0 aliphatic heterocycles. The minimum atomic E-state index is -1.33. The van der Waals surface area contributed by atoms with E-state index in [2.05, 4.69) is 5.32 Å². The Morgan fingerprint density at radius 3 is 2.62 bits per heavy atom. The van der Waals surface area contributed by atoms with Crippen molar-refractivity contribution < 1.29 is 23.8 Å². The number of hydrogen-bond donors (Lipinski definition) is 1. The van der Waals surface area contributed by atoms with Crippen LogP contribution >= 0.6 is 0 Å². The van der Waals surface area contributed by atoms with Crippen molar-refractivity contribution >= 4 is 22.8 Å². The number of rotatable bonds is 8. The van der Waals surface area contributed by atoms with Crippen LogP contribution in [0.15, 0.2) is 33.5 Å². The summed E-state index contributed by atoms with van der Waals surface area (Å²) in [5, 5.41) is 14.3. The van der Waals surface area contributed by atoms with Crippen LogP contribution in [0.3, 0.4) is 0 Å². The standard InChI is InChI=1S/C19H23NO6/c1-4-12-8-18(22)26-16-9-13(5-6-14(12)16)25-10-17(21)20-15(19(23)24)7-11(2)3/h5-6,8-9,11,15H,4,7,10H2,1-3H3,(H,20,21)(H,23,24)/p-1/t15-/m0/s1. The van der Waals surface area contributed by atoms with Crippen LogP contribution in [0.4, 0.5) is 0 Å². The zero-order valence-electron chi connectivity index (χ0n) is 15.0. The highest BCUT2D eigenvalue weighted by Crippen LogP contribution is 2.23. The second-order valence-corrected chi connectivity index (χ2v) is 6.46. The monoisotopic (exact) mass is 360 g/mol. The fraction of sp³-hybridized carbons (Fsp3) is 0.421. The minimum Gasteiger partial charge on any atom is -0.548 e. The molecule has 2 rings (SSSR count). The lowest BCUT2D eigenvalue weighted by molar-refractivity contribution is -0.308. The van der Waals surface area contributed by atoms with Gasteiger partial charge in [-0.15, -0.1) is 0 Å². The number of aliphatic carboxylic acids is 1. The number of aryl methyl sites for hydroxylation is 1. The zero-order valence-corrected chi connectivity index (χ0v) is 15.0. The van der Waals surface area contributed by atoms with Crippen LogP contribution < -0.4 is 20.8 Å². The van der Waals surface area contributed by atoms with Gasteiger partial charge in [-0.1, -0.05) is 20.8 Å². The highest BCUT2D eigenvalue weighted by molar-refractivity contribution is 5.84. The predicted octanol–water partition coefficient (Wildman–Crippen LogP) is 1.01. The number of carbonyl (C=O) groups excluding carboxylic acids is 2. The Labute approximate surface area is 151 Å². The molecule has 140 valence electrons. The van der Waals surface area contributed by atoms with Gasteiger partial charge in [-0.2, -0.15) is 0 Å². The molecule has 0 saturated heterocycles. The Morgan fingerprint density at radius 2 is 2.00 bits per heavy atom. The van der Waals surface area contributed by atoms with E-state index in [9.17, 15) is 19.5 Å². The maximum Gasteiger partial charge on any atom is 0.336 e. The second kappa shape index (κ2) is 8.51. The first-order valence-corrected chi connectivity index (χ1v) is 8.50. The number of amides is 1. The number of nitrogens with one attached hydrogen (secondary N) is 1. The quantitative estimate of drug-likeness (QED) is 0.704. The first kappa shape index (κ1) is 19.5. The van der Waals surface area contributed by atoms with Crippen LogP contribution in [0.1, 0.15) is 32.8 Å². The molecule has 1 heterocycles. The molecule has 7 heteroatoms. The van der Waals surface area contributed by atoms with Crippen molar-refractivity contribution in [2.75, 3.05) is 6.61 Å². The highest BCUT2D eigenvalue weighted by atomic mass is 16.5. The molecule has 1 aromatic heterocycles. The van der Waals surface area contributed by atoms with E-state index in [1.807, 2.05) is 20.8 Å². The number of hydrogen-bond acceptors (Lipinski definition) is 6. The molecule has 0 radical (unpaired) electrons. The molecule has 0 fully saturated rings. The lowest BCUT2D eigenvalue weighted by Crippen LogP contribution is -2.49. The summed E-state index contributed by atoms with van der Waals surface area (Å²) in [5.74, 6) is -1.46. The number of carboxylic acid groups (broad SMARTS) is 1. The number of benzene rings is 1. The summed E-state index contributed by atoms with van der Waals surface area (Å²) in [6.45, 7) is 5.29. The van der Waals surface area contributed by atoms with E-state index in [0.29, 0.717) is 17.8 Å². The number of fused-ring (bicyclic) bond motifs is 1. The van der Waals surface area contributed by atoms with Crippen LogP contribution in [0, 0.1) is 5.92 Å². The maximum absolute atomic E-state index is 11.9. The van der Waals surface area contributed by atoms with Crippen molar-refractivity contribution in [1.82, 2.24) is 5.32 Å². The van der Waals surface area contributed by atoms with E-state index in [4.69, 9.17) is 9.15 Å². The summed E-state index contributed by atoms with van der Waals surface area (Å²) in [5.41, 5.74) is 0.792. The van der Waals surface area contributed by atoms with Crippen molar-refractivity contribution in [1.29, 1.82) is 0 Å². The first-order valence-electron chi connectivity index (χ1n) is 8.50. The number of ether oxygens (including phenoxy) is 1. The Balaban J connectivity index is 2.06. The molecule has 26 heavy (non-hydrogen) atoms. The Bertz CT molecular complexity index is 855. The van der Waals surface area contributed by atoms with Crippen molar-refractivity contribution in [2.45, 2.75) is 39.7 Å². The summed E-state index contributed by atoms with van der Waals surface area (Å²) in [6, 6.07) is 5.35. The molecule has 2 aromatic rings. The van der Waals surface area contributed by atoms with Crippen molar-refractivity contribution in [2.24, 2.45) is 5.92 Å². The summed E-state index contributed by atoms with van der Waals surface area (Å²) in [4.78, 5) is 34.6. The van der Waals surface area contributed by atoms with Crippen LogP contribution in [0.5, 0.6) is 5.75 Å². The molecule has 0 aliphatic rings. The fourth-order valence-electron chi connectivity index (χ4n) is 2.66. The SMILES string of the molecule is CCc1cc(=O)oc2cc(OCC(=O)N[C@@H](CC(C)C)C(=O)[O-])ccc12. The third-order valence-corrected chi connectivity index (χ3v) is 3.88. The molecule has 0 saturated carbocycles. The average Bonchev–Trinajstić information content (AvgIpc) is 2.57. The van der Waals surface area contributed by atoms with Gasteiger partial charge in [0.2, 0.25) is 0 Å². The van der Waals surface area contributed by atoms with Gasteiger partial charge in [-0.05, 0) is 36.5 Å². The fourth-order valence-corrected chi connectivity index (χ4v) is 2.66. The molecular formula is C19H22NO6-. The Hall–Kier alpha value is -2.83.